The fraction of sp³-hybridized carbons (Fsp3) is 0.500. The summed E-state index contributed by atoms with van der Waals surface area (Å²) in [6.07, 6.45) is 1.68. The number of carbonyl (C=O) groups excluding carboxylic acids is 1. The van der Waals surface area contributed by atoms with E-state index in [9.17, 15) is 9.18 Å². The molecule has 0 amide bonds. The molecule has 0 unspecified atom stereocenters. The van der Waals surface area contributed by atoms with Gasteiger partial charge in [0.15, 0.2) is 5.78 Å². The first-order valence-electron chi connectivity index (χ1n) is 6.16. The molecule has 1 aromatic carbocycles. The van der Waals surface area contributed by atoms with Crippen molar-refractivity contribution in [2.24, 2.45) is 5.92 Å². The van der Waals surface area contributed by atoms with Crippen LogP contribution in [0.25, 0.3) is 0 Å². The molecule has 0 spiro atoms. The third-order valence-corrected chi connectivity index (χ3v) is 4.12. The average Bonchev–Trinajstić information content (AvgIpc) is 2.30. The van der Waals surface area contributed by atoms with E-state index < -0.39 is 0 Å². The minimum atomic E-state index is -0.231. The SMILES string of the molecule is CN1CC[C@H]2CC(=O)c3ccc(F)cc3[C@@H]2C1. The highest BCUT2D eigenvalue weighted by molar-refractivity contribution is 5.99. The zero-order valence-corrected chi connectivity index (χ0v) is 9.95. The molecule has 2 nitrogen and oxygen atoms in total. The number of hydrogen-bond donors (Lipinski definition) is 0. The van der Waals surface area contributed by atoms with Gasteiger partial charge in [-0.15, -0.1) is 0 Å². The van der Waals surface area contributed by atoms with Gasteiger partial charge in [-0.2, -0.15) is 0 Å². The van der Waals surface area contributed by atoms with Crippen LogP contribution in [-0.4, -0.2) is 30.8 Å². The molecular formula is C14H16FNO. The standard InChI is InChI=1S/C14H16FNO/c1-16-5-4-9-6-14(17)11-3-2-10(15)7-12(11)13(9)8-16/h2-3,7,9,13H,4-6,8H2,1H3/t9-,13+/m0/s1. The maximum atomic E-state index is 13.4. The summed E-state index contributed by atoms with van der Waals surface area (Å²) in [4.78, 5) is 14.3. The van der Waals surface area contributed by atoms with Gasteiger partial charge >= 0.3 is 0 Å². The smallest absolute Gasteiger partial charge is 0.163 e. The highest BCUT2D eigenvalue weighted by Gasteiger charge is 2.37. The fourth-order valence-electron chi connectivity index (χ4n) is 3.20. The second-order valence-electron chi connectivity index (χ2n) is 5.28. The lowest BCUT2D eigenvalue weighted by molar-refractivity contribution is 0.0887. The van der Waals surface area contributed by atoms with Gasteiger partial charge in [0, 0.05) is 24.4 Å². The van der Waals surface area contributed by atoms with Crippen molar-refractivity contribution in [2.45, 2.75) is 18.8 Å². The maximum Gasteiger partial charge on any atom is 0.163 e. The van der Waals surface area contributed by atoms with Gasteiger partial charge in [0.25, 0.3) is 0 Å². The van der Waals surface area contributed by atoms with E-state index in [1.165, 1.54) is 6.07 Å². The number of likely N-dealkylation sites (tertiary alicyclic amines) is 1. The molecular weight excluding hydrogens is 217 g/mol. The Hall–Kier alpha value is -1.22. The average molecular weight is 233 g/mol. The molecule has 1 aliphatic heterocycles. The molecule has 0 N–H and O–H groups in total. The third kappa shape index (κ3) is 1.78. The summed E-state index contributed by atoms with van der Waals surface area (Å²) in [6.45, 7) is 1.98. The van der Waals surface area contributed by atoms with Gasteiger partial charge in [0.1, 0.15) is 5.82 Å². The molecule has 0 bridgehead atoms. The number of hydrogen-bond acceptors (Lipinski definition) is 2. The number of Topliss-reactive ketones (excluding diaryl/α,β-unsaturated/α-hetero) is 1. The van der Waals surface area contributed by atoms with Gasteiger partial charge in [-0.05, 0) is 49.7 Å². The second kappa shape index (κ2) is 3.91. The van der Waals surface area contributed by atoms with E-state index in [4.69, 9.17) is 0 Å². The Kier molecular flexibility index (Phi) is 2.51. The number of rotatable bonds is 0. The minimum Gasteiger partial charge on any atom is -0.306 e. The molecule has 0 radical (unpaired) electrons. The summed E-state index contributed by atoms with van der Waals surface area (Å²) in [5, 5.41) is 0. The lowest BCUT2D eigenvalue weighted by Crippen LogP contribution is -2.40. The van der Waals surface area contributed by atoms with Crippen molar-refractivity contribution in [1.82, 2.24) is 4.90 Å². The van der Waals surface area contributed by atoms with Gasteiger partial charge in [0.05, 0.1) is 0 Å². The second-order valence-corrected chi connectivity index (χ2v) is 5.28. The van der Waals surface area contributed by atoms with Crippen LogP contribution in [0.1, 0.15) is 34.7 Å². The Bertz CT molecular complexity index is 471. The number of carbonyl (C=O) groups is 1. The van der Waals surface area contributed by atoms with Crippen molar-refractivity contribution in [3.05, 3.63) is 35.1 Å². The van der Waals surface area contributed by atoms with E-state index in [0.717, 1.165) is 30.6 Å². The maximum absolute atomic E-state index is 13.4. The zero-order valence-electron chi connectivity index (χ0n) is 9.95. The summed E-state index contributed by atoms with van der Waals surface area (Å²) in [6, 6.07) is 4.60. The first-order chi connectivity index (χ1) is 8.15. The number of likely N-dealkylation sites (N-methyl/N-ethyl adjacent to an activating group) is 1. The van der Waals surface area contributed by atoms with Crippen molar-refractivity contribution < 1.29 is 9.18 Å². The summed E-state index contributed by atoms with van der Waals surface area (Å²) >= 11 is 0. The van der Waals surface area contributed by atoms with Gasteiger partial charge in [-0.25, -0.2) is 4.39 Å². The summed E-state index contributed by atoms with van der Waals surface area (Å²) < 4.78 is 13.4. The molecule has 1 heterocycles. The van der Waals surface area contributed by atoms with E-state index in [1.54, 1.807) is 12.1 Å². The van der Waals surface area contributed by atoms with Crippen LogP contribution in [0.15, 0.2) is 18.2 Å². The molecule has 0 aromatic heterocycles. The topological polar surface area (TPSA) is 20.3 Å². The third-order valence-electron chi connectivity index (χ3n) is 4.12. The van der Waals surface area contributed by atoms with E-state index in [-0.39, 0.29) is 11.6 Å². The first kappa shape index (κ1) is 10.9. The molecule has 3 heteroatoms. The molecule has 1 aromatic rings. The molecule has 1 fully saturated rings. The Morgan fingerprint density at radius 1 is 1.41 bits per heavy atom. The molecule has 2 aliphatic rings. The molecule has 0 saturated carbocycles. The Morgan fingerprint density at radius 3 is 3.06 bits per heavy atom. The van der Waals surface area contributed by atoms with Crippen molar-refractivity contribution in [3.63, 3.8) is 0 Å². The Balaban J connectivity index is 2.06. The minimum absolute atomic E-state index is 0.186. The van der Waals surface area contributed by atoms with Crippen LogP contribution in [0.3, 0.4) is 0 Å². The number of ketones is 1. The van der Waals surface area contributed by atoms with Gasteiger partial charge in [-0.3, -0.25) is 4.79 Å². The van der Waals surface area contributed by atoms with Crippen molar-refractivity contribution in [3.8, 4) is 0 Å². The van der Waals surface area contributed by atoms with E-state index in [1.807, 2.05) is 0 Å². The van der Waals surface area contributed by atoms with E-state index in [0.29, 0.717) is 18.3 Å². The lowest BCUT2D eigenvalue weighted by Gasteiger charge is -2.40. The summed E-state index contributed by atoms with van der Waals surface area (Å²) in [5.74, 6) is 0.696. The van der Waals surface area contributed by atoms with Crippen LogP contribution in [0.5, 0.6) is 0 Å². The van der Waals surface area contributed by atoms with Crippen LogP contribution in [0, 0.1) is 11.7 Å². The van der Waals surface area contributed by atoms with Crippen molar-refractivity contribution in [2.75, 3.05) is 20.1 Å². The highest BCUT2D eigenvalue weighted by Crippen LogP contribution is 2.40. The number of nitrogens with zero attached hydrogens (tertiary/aromatic N) is 1. The summed E-state index contributed by atoms with van der Waals surface area (Å²) in [5.41, 5.74) is 1.67. The van der Waals surface area contributed by atoms with E-state index in [2.05, 4.69) is 11.9 Å². The number of benzene rings is 1. The van der Waals surface area contributed by atoms with E-state index >= 15 is 0 Å². The predicted molar refractivity (Wildman–Crippen MR) is 63.7 cm³/mol. The van der Waals surface area contributed by atoms with Crippen LogP contribution in [-0.2, 0) is 0 Å². The Labute approximate surface area is 100 Å². The van der Waals surface area contributed by atoms with Crippen LogP contribution >= 0.6 is 0 Å². The van der Waals surface area contributed by atoms with Crippen LogP contribution in [0.2, 0.25) is 0 Å². The molecule has 3 rings (SSSR count). The predicted octanol–water partition coefficient (Wildman–Crippen LogP) is 2.45. The van der Waals surface area contributed by atoms with Crippen LogP contribution in [0.4, 0.5) is 4.39 Å². The molecule has 90 valence electrons. The quantitative estimate of drug-likeness (QED) is 0.686. The van der Waals surface area contributed by atoms with Crippen molar-refractivity contribution >= 4 is 5.78 Å². The molecule has 1 aliphatic carbocycles. The first-order valence-corrected chi connectivity index (χ1v) is 6.16. The number of halogens is 1. The largest absolute Gasteiger partial charge is 0.306 e. The molecule has 17 heavy (non-hydrogen) atoms. The number of piperidine rings is 1. The zero-order chi connectivity index (χ0) is 12.0. The highest BCUT2D eigenvalue weighted by atomic mass is 19.1. The Morgan fingerprint density at radius 2 is 2.24 bits per heavy atom. The normalized spacial score (nSPS) is 28.7. The molecule has 2 atom stereocenters. The lowest BCUT2D eigenvalue weighted by atomic mass is 9.71. The monoisotopic (exact) mass is 233 g/mol. The van der Waals surface area contributed by atoms with Gasteiger partial charge in [0.2, 0.25) is 0 Å². The fourth-order valence-corrected chi connectivity index (χ4v) is 3.20. The summed E-state index contributed by atoms with van der Waals surface area (Å²) in [7, 11) is 2.09. The number of fused-ring (bicyclic) bond motifs is 3. The van der Waals surface area contributed by atoms with Crippen molar-refractivity contribution in [1.29, 1.82) is 0 Å². The van der Waals surface area contributed by atoms with Gasteiger partial charge < -0.3 is 4.90 Å². The molecule has 1 saturated heterocycles. The van der Waals surface area contributed by atoms with Gasteiger partial charge in [-0.1, -0.05) is 0 Å². The van der Waals surface area contributed by atoms with Crippen LogP contribution < -0.4 is 0 Å².